The Bertz CT molecular complexity index is 1520. The number of amides is 1. The third kappa shape index (κ3) is 6.25. The van der Waals surface area contributed by atoms with E-state index in [9.17, 15) is 9.90 Å². The number of benzene rings is 3. The van der Waals surface area contributed by atoms with Crippen molar-refractivity contribution in [1.82, 2.24) is 15.2 Å². The fourth-order valence-electron chi connectivity index (χ4n) is 5.48. The van der Waals surface area contributed by atoms with Crippen molar-refractivity contribution < 1.29 is 14.6 Å². The molecule has 5 rings (SSSR count). The second kappa shape index (κ2) is 12.2. The van der Waals surface area contributed by atoms with Gasteiger partial charge in [0.2, 0.25) is 0 Å². The van der Waals surface area contributed by atoms with Crippen LogP contribution in [0.4, 0.5) is 5.69 Å². The molecule has 0 radical (unpaired) electrons. The van der Waals surface area contributed by atoms with Crippen LogP contribution in [0.25, 0.3) is 10.9 Å². The molecule has 0 saturated carbocycles. The molecule has 0 unspecified atom stereocenters. The summed E-state index contributed by atoms with van der Waals surface area (Å²) in [4.78, 5) is 13.8. The van der Waals surface area contributed by atoms with Crippen LogP contribution >= 0.6 is 11.9 Å². The number of anilines is 1. The second-order valence-corrected chi connectivity index (χ2v) is 12.3. The lowest BCUT2D eigenvalue weighted by atomic mass is 9.93. The molecule has 0 spiro atoms. The van der Waals surface area contributed by atoms with Gasteiger partial charge in [0.15, 0.2) is 0 Å². The molecule has 0 fully saturated rings. The van der Waals surface area contributed by atoms with E-state index in [0.717, 1.165) is 40.2 Å². The Labute approximate surface area is 247 Å². The largest absolute Gasteiger partial charge is 0.497 e. The summed E-state index contributed by atoms with van der Waals surface area (Å²) in [5.41, 5.74) is 5.72. The van der Waals surface area contributed by atoms with Crippen molar-refractivity contribution in [3.8, 4) is 5.75 Å². The van der Waals surface area contributed by atoms with Crippen molar-refractivity contribution in [3.63, 3.8) is 0 Å². The van der Waals surface area contributed by atoms with Gasteiger partial charge in [-0.15, -0.1) is 0 Å². The third-order valence-electron chi connectivity index (χ3n) is 8.03. The molecule has 0 saturated heterocycles. The average molecular weight is 573 g/mol. The lowest BCUT2D eigenvalue weighted by Crippen LogP contribution is -2.51. The lowest BCUT2D eigenvalue weighted by Gasteiger charge is -2.31. The van der Waals surface area contributed by atoms with Crippen molar-refractivity contribution in [1.29, 1.82) is 0 Å². The molecule has 1 aliphatic rings. The standard InChI is InChI=1S/C33H40N4O3S/c1-6-23-20-37-21-41-36(4)29-17-24(16-27(23)31(29)37)32(39)35-28(15-22-11-8-7-9-12-22)30(38)19-34-33(2,3)25-13-10-14-26(18-25)40-5/h7-14,16-18,20,28,30,34,38H,6,15,19,21H2,1-5H3,(H,35,39)/t28-,30+/m0/s1. The number of nitrogens with zero attached hydrogens (tertiary/aromatic N) is 2. The zero-order chi connectivity index (χ0) is 29.1. The van der Waals surface area contributed by atoms with Gasteiger partial charge >= 0.3 is 0 Å². The van der Waals surface area contributed by atoms with E-state index in [1.54, 1.807) is 19.1 Å². The summed E-state index contributed by atoms with van der Waals surface area (Å²) in [6.45, 7) is 6.60. The van der Waals surface area contributed by atoms with Crippen LogP contribution in [0.5, 0.6) is 5.75 Å². The smallest absolute Gasteiger partial charge is 0.251 e. The van der Waals surface area contributed by atoms with E-state index in [4.69, 9.17) is 4.74 Å². The molecule has 8 heteroatoms. The monoisotopic (exact) mass is 572 g/mol. The number of aromatic nitrogens is 1. The van der Waals surface area contributed by atoms with Crippen LogP contribution in [-0.2, 0) is 24.3 Å². The molecule has 216 valence electrons. The minimum absolute atomic E-state index is 0.186. The van der Waals surface area contributed by atoms with Crippen molar-refractivity contribution in [2.45, 2.75) is 57.2 Å². The predicted octanol–water partition coefficient (Wildman–Crippen LogP) is 5.49. The van der Waals surface area contributed by atoms with Crippen molar-refractivity contribution in [3.05, 3.63) is 95.2 Å². The zero-order valence-corrected chi connectivity index (χ0v) is 25.3. The Morgan fingerprint density at radius 3 is 2.63 bits per heavy atom. The normalized spacial score (nSPS) is 14.6. The lowest BCUT2D eigenvalue weighted by molar-refractivity contribution is 0.0814. The highest BCUT2D eigenvalue weighted by molar-refractivity contribution is 7.99. The first kappa shape index (κ1) is 29.0. The molecule has 1 amide bonds. The van der Waals surface area contributed by atoms with Crippen molar-refractivity contribution in [2.24, 2.45) is 0 Å². The number of aryl methyl sites for hydroxylation is 1. The van der Waals surface area contributed by atoms with E-state index in [2.05, 4.69) is 46.5 Å². The molecule has 3 N–H and O–H groups in total. The molecule has 2 atom stereocenters. The fourth-order valence-corrected chi connectivity index (χ4v) is 6.26. The van der Waals surface area contributed by atoms with Crippen LogP contribution in [0.1, 0.15) is 47.8 Å². The Morgan fingerprint density at radius 2 is 1.90 bits per heavy atom. The van der Waals surface area contributed by atoms with Crippen LogP contribution in [0.3, 0.4) is 0 Å². The van der Waals surface area contributed by atoms with E-state index in [0.29, 0.717) is 18.5 Å². The van der Waals surface area contributed by atoms with Crippen molar-refractivity contribution in [2.75, 3.05) is 25.0 Å². The van der Waals surface area contributed by atoms with E-state index in [1.165, 1.54) is 11.1 Å². The van der Waals surface area contributed by atoms with Crippen LogP contribution in [0, 0.1) is 0 Å². The number of methoxy groups -OCH3 is 1. The van der Waals surface area contributed by atoms with E-state index >= 15 is 0 Å². The number of carbonyl (C=O) groups excluding carboxylic acids is 1. The molecule has 1 aromatic heterocycles. The first-order chi connectivity index (χ1) is 19.7. The topological polar surface area (TPSA) is 78.8 Å². The van der Waals surface area contributed by atoms with Gasteiger partial charge in [-0.05, 0) is 79.6 Å². The van der Waals surface area contributed by atoms with Crippen LogP contribution in [0.15, 0.2) is 72.9 Å². The molecule has 41 heavy (non-hydrogen) atoms. The molecule has 7 nitrogen and oxygen atoms in total. The third-order valence-corrected chi connectivity index (χ3v) is 9.01. The van der Waals surface area contributed by atoms with E-state index in [1.807, 2.05) is 73.8 Å². The number of hydrogen-bond acceptors (Lipinski definition) is 6. The minimum atomic E-state index is -0.823. The molecule has 0 aliphatic carbocycles. The average Bonchev–Trinajstić information content (AvgIpc) is 3.36. The van der Waals surface area contributed by atoms with Gasteiger partial charge in [-0.1, -0.05) is 49.4 Å². The maximum atomic E-state index is 13.8. The summed E-state index contributed by atoms with van der Waals surface area (Å²) in [5.74, 6) is 1.46. The number of carbonyl (C=O) groups is 1. The Hall–Kier alpha value is -3.46. The van der Waals surface area contributed by atoms with Gasteiger partial charge in [0.05, 0.1) is 36.3 Å². The number of aliphatic hydroxyl groups is 1. The van der Waals surface area contributed by atoms with E-state index < -0.39 is 17.7 Å². The molecule has 0 bridgehead atoms. The van der Waals surface area contributed by atoms with Crippen LogP contribution < -0.4 is 19.7 Å². The van der Waals surface area contributed by atoms with Crippen molar-refractivity contribution >= 4 is 34.4 Å². The van der Waals surface area contributed by atoms with Crippen LogP contribution in [-0.4, -0.2) is 48.4 Å². The van der Waals surface area contributed by atoms with Gasteiger partial charge in [0, 0.05) is 36.3 Å². The van der Waals surface area contributed by atoms with Gasteiger partial charge in [0.1, 0.15) is 5.75 Å². The maximum Gasteiger partial charge on any atom is 0.251 e. The Balaban J connectivity index is 1.39. The minimum Gasteiger partial charge on any atom is -0.497 e. The van der Waals surface area contributed by atoms with E-state index in [-0.39, 0.29) is 5.91 Å². The number of nitrogens with one attached hydrogen (secondary N) is 2. The SMILES string of the molecule is CCc1cn2c3c(cc(C(=O)N[C@@H](Cc4ccccc4)[C@H](O)CNC(C)(C)c4cccc(OC)c4)cc13)N(C)SC2. The van der Waals surface area contributed by atoms with Gasteiger partial charge in [-0.2, -0.15) is 0 Å². The summed E-state index contributed by atoms with van der Waals surface area (Å²) in [7, 11) is 3.70. The van der Waals surface area contributed by atoms with Gasteiger partial charge in [-0.25, -0.2) is 0 Å². The predicted molar refractivity (Wildman–Crippen MR) is 169 cm³/mol. The number of ether oxygens (including phenoxy) is 1. The van der Waals surface area contributed by atoms with Gasteiger partial charge in [0.25, 0.3) is 5.91 Å². The summed E-state index contributed by atoms with van der Waals surface area (Å²) in [6, 6.07) is 21.4. The van der Waals surface area contributed by atoms with Gasteiger partial charge < -0.3 is 29.3 Å². The van der Waals surface area contributed by atoms with Crippen LogP contribution in [0.2, 0.25) is 0 Å². The highest BCUT2D eigenvalue weighted by atomic mass is 32.2. The number of aliphatic hydroxyl groups excluding tert-OH is 1. The fraction of sp³-hybridized carbons (Fsp3) is 0.364. The second-order valence-electron chi connectivity index (χ2n) is 11.2. The molecular weight excluding hydrogens is 532 g/mol. The quantitative estimate of drug-likeness (QED) is 0.206. The first-order valence-corrected chi connectivity index (χ1v) is 15.1. The Kier molecular flexibility index (Phi) is 8.63. The zero-order valence-electron chi connectivity index (χ0n) is 24.5. The van der Waals surface area contributed by atoms with Gasteiger partial charge in [-0.3, -0.25) is 4.79 Å². The molecular formula is C33H40N4O3S. The summed E-state index contributed by atoms with van der Waals surface area (Å²) in [6.07, 6.45) is 2.79. The maximum absolute atomic E-state index is 13.8. The summed E-state index contributed by atoms with van der Waals surface area (Å²) in [5, 5.41) is 19.3. The molecule has 2 heterocycles. The Morgan fingerprint density at radius 1 is 1.12 bits per heavy atom. The number of hydrogen-bond donors (Lipinski definition) is 3. The highest BCUT2D eigenvalue weighted by Crippen LogP contribution is 2.39. The summed E-state index contributed by atoms with van der Waals surface area (Å²) >= 11 is 1.72. The number of rotatable bonds is 11. The molecule has 3 aromatic carbocycles. The highest BCUT2D eigenvalue weighted by Gasteiger charge is 2.28. The molecule has 1 aliphatic heterocycles. The first-order valence-electron chi connectivity index (χ1n) is 14.1. The molecule has 4 aromatic rings. The summed E-state index contributed by atoms with van der Waals surface area (Å²) < 4.78 is 9.81.